The third-order valence-electron chi connectivity index (χ3n) is 6.00. The van der Waals surface area contributed by atoms with Gasteiger partial charge in [-0.2, -0.15) is 0 Å². The molecule has 4 aromatic rings. The van der Waals surface area contributed by atoms with E-state index in [1.54, 1.807) is 48.1 Å². The van der Waals surface area contributed by atoms with Crippen molar-refractivity contribution in [3.63, 3.8) is 0 Å². The zero-order chi connectivity index (χ0) is 28.5. The van der Waals surface area contributed by atoms with Crippen LogP contribution in [-0.4, -0.2) is 41.8 Å². The lowest BCUT2D eigenvalue weighted by Gasteiger charge is -2.25. The van der Waals surface area contributed by atoms with Crippen LogP contribution in [0.3, 0.4) is 0 Å². The van der Waals surface area contributed by atoms with E-state index in [1.165, 1.54) is 35.2 Å². The summed E-state index contributed by atoms with van der Waals surface area (Å²) in [6, 6.07) is 23.5. The van der Waals surface area contributed by atoms with Gasteiger partial charge in [0.2, 0.25) is 11.8 Å². The third kappa shape index (κ3) is 7.70. The number of nitrogens with zero attached hydrogens (tertiary/aromatic N) is 4. The zero-order valence-electron chi connectivity index (χ0n) is 21.7. The minimum absolute atomic E-state index is 0.162. The molecule has 0 aliphatic carbocycles. The normalized spacial score (nSPS) is 12.2. The van der Waals surface area contributed by atoms with Gasteiger partial charge in [0.05, 0.1) is 17.6 Å². The van der Waals surface area contributed by atoms with E-state index in [4.69, 9.17) is 0 Å². The Kier molecular flexibility index (Phi) is 9.18. The summed E-state index contributed by atoms with van der Waals surface area (Å²) in [5, 5.41) is 9.07. The second-order valence-corrected chi connectivity index (χ2v) is 10.5. The summed E-state index contributed by atoms with van der Waals surface area (Å²) in [6.45, 7) is 2.29. The molecule has 0 aliphatic heterocycles. The van der Waals surface area contributed by atoms with E-state index in [-0.39, 0.29) is 13.0 Å². The van der Waals surface area contributed by atoms with Gasteiger partial charge in [-0.05, 0) is 48.4 Å². The van der Waals surface area contributed by atoms with Gasteiger partial charge in [0.15, 0.2) is 0 Å². The second-order valence-electron chi connectivity index (χ2n) is 8.93. The molecule has 40 heavy (non-hydrogen) atoms. The molecule has 0 spiro atoms. The van der Waals surface area contributed by atoms with E-state index < -0.39 is 33.6 Å². The maximum absolute atomic E-state index is 13.7. The molecule has 2 amide bonds. The van der Waals surface area contributed by atoms with Crippen LogP contribution in [0.2, 0.25) is 0 Å². The van der Waals surface area contributed by atoms with Gasteiger partial charge in [-0.1, -0.05) is 65.9 Å². The highest BCUT2D eigenvalue weighted by atomic mass is 32.2. The summed E-state index contributed by atoms with van der Waals surface area (Å²) in [7, 11) is -4.23. The molecule has 1 heterocycles. The number of aromatic nitrogens is 3. The van der Waals surface area contributed by atoms with E-state index in [9.17, 15) is 22.4 Å². The minimum atomic E-state index is -4.23. The molecule has 1 unspecified atom stereocenters. The van der Waals surface area contributed by atoms with Crippen molar-refractivity contribution >= 4 is 33.6 Å². The Morgan fingerprint density at radius 2 is 1.65 bits per heavy atom. The van der Waals surface area contributed by atoms with Crippen LogP contribution in [0, 0.1) is 11.7 Å². The summed E-state index contributed by atoms with van der Waals surface area (Å²) < 4.78 is 42.5. The molecule has 0 radical (unpaired) electrons. The van der Waals surface area contributed by atoms with E-state index in [2.05, 4.69) is 10.3 Å². The van der Waals surface area contributed by atoms with E-state index >= 15 is 0 Å². The number of hydrogen-bond donors (Lipinski definition) is 1. The smallest absolute Gasteiger partial charge is 0.257 e. The SMILES string of the molecule is CCN(C(=O)C(Cc1cn(Cc2ccccc2)nn1)C(=O)NS(=O)(=O)/C=C/c1ccccc1)c1ccc(F)cc1. The Morgan fingerprint density at radius 3 is 2.30 bits per heavy atom. The first kappa shape index (κ1) is 28.4. The van der Waals surface area contributed by atoms with Gasteiger partial charge in [-0.25, -0.2) is 22.2 Å². The average Bonchev–Trinajstić information content (AvgIpc) is 3.39. The van der Waals surface area contributed by atoms with Crippen LogP contribution < -0.4 is 9.62 Å². The van der Waals surface area contributed by atoms with Crippen LogP contribution >= 0.6 is 0 Å². The van der Waals surface area contributed by atoms with Crippen molar-refractivity contribution in [2.24, 2.45) is 5.92 Å². The summed E-state index contributed by atoms with van der Waals surface area (Å²) in [5.74, 6) is -3.60. The van der Waals surface area contributed by atoms with Crippen LogP contribution in [0.4, 0.5) is 10.1 Å². The van der Waals surface area contributed by atoms with Crippen molar-refractivity contribution in [3.8, 4) is 0 Å². The monoisotopic (exact) mass is 561 g/mol. The topological polar surface area (TPSA) is 114 Å². The van der Waals surface area contributed by atoms with E-state index in [0.29, 0.717) is 23.5 Å². The van der Waals surface area contributed by atoms with Gasteiger partial charge < -0.3 is 4.90 Å². The standard InChI is InChI=1S/C29H28FN5O4S/c1-2-35(26-15-13-24(30)14-16-26)29(37)27(19-25-21-34(33-31-25)20-23-11-7-4-8-12-23)28(36)32-40(38,39)18-17-22-9-5-3-6-10-22/h3-18,21,27H,2,19-20H2,1H3,(H,32,36)/b18-17+. The Balaban J connectivity index is 1.58. The number of hydrogen-bond acceptors (Lipinski definition) is 6. The molecule has 206 valence electrons. The number of anilines is 1. The van der Waals surface area contributed by atoms with Crippen molar-refractivity contribution in [3.05, 3.63) is 119 Å². The Labute approximate surface area is 232 Å². The maximum Gasteiger partial charge on any atom is 0.257 e. The second kappa shape index (κ2) is 12.9. The lowest BCUT2D eigenvalue weighted by Crippen LogP contribution is -2.46. The molecule has 3 aromatic carbocycles. The number of rotatable bonds is 11. The van der Waals surface area contributed by atoms with Crippen LogP contribution in [0.1, 0.15) is 23.7 Å². The summed E-state index contributed by atoms with van der Waals surface area (Å²) in [4.78, 5) is 28.3. The van der Waals surface area contributed by atoms with Gasteiger partial charge in [0, 0.05) is 24.8 Å². The zero-order valence-corrected chi connectivity index (χ0v) is 22.5. The van der Waals surface area contributed by atoms with Crippen molar-refractivity contribution < 1.29 is 22.4 Å². The number of amides is 2. The fraction of sp³-hybridized carbons (Fsp3) is 0.172. The molecule has 1 aromatic heterocycles. The highest BCUT2D eigenvalue weighted by Crippen LogP contribution is 2.20. The Bertz CT molecular complexity index is 1570. The molecular formula is C29H28FN5O4S. The van der Waals surface area contributed by atoms with Crippen molar-refractivity contribution in [2.75, 3.05) is 11.4 Å². The lowest BCUT2D eigenvalue weighted by molar-refractivity contribution is -0.132. The summed E-state index contributed by atoms with van der Waals surface area (Å²) in [5.41, 5.74) is 2.30. The first-order chi connectivity index (χ1) is 19.2. The highest BCUT2D eigenvalue weighted by Gasteiger charge is 2.34. The molecular weight excluding hydrogens is 533 g/mol. The Hall–Kier alpha value is -4.64. The van der Waals surface area contributed by atoms with Gasteiger partial charge in [0.25, 0.3) is 10.0 Å². The maximum atomic E-state index is 13.7. The predicted octanol–water partition coefficient (Wildman–Crippen LogP) is 3.79. The first-order valence-corrected chi connectivity index (χ1v) is 14.1. The molecule has 0 saturated heterocycles. The fourth-order valence-corrected chi connectivity index (χ4v) is 4.86. The molecule has 0 bridgehead atoms. The van der Waals surface area contributed by atoms with E-state index in [0.717, 1.165) is 11.0 Å². The molecule has 0 fully saturated rings. The van der Waals surface area contributed by atoms with E-state index in [1.807, 2.05) is 35.1 Å². The van der Waals surface area contributed by atoms with Gasteiger partial charge in [-0.15, -0.1) is 5.10 Å². The number of sulfonamides is 1. The van der Waals surface area contributed by atoms with Crippen LogP contribution in [0.5, 0.6) is 0 Å². The average molecular weight is 562 g/mol. The summed E-state index contributed by atoms with van der Waals surface area (Å²) in [6.07, 6.45) is 2.76. The van der Waals surface area contributed by atoms with Crippen LogP contribution in [-0.2, 0) is 32.6 Å². The fourth-order valence-electron chi connectivity index (χ4n) is 4.03. The van der Waals surface area contributed by atoms with Crippen LogP contribution in [0.15, 0.2) is 96.5 Å². The highest BCUT2D eigenvalue weighted by molar-refractivity contribution is 7.93. The minimum Gasteiger partial charge on any atom is -0.312 e. The van der Waals surface area contributed by atoms with Crippen molar-refractivity contribution in [1.82, 2.24) is 19.7 Å². The van der Waals surface area contributed by atoms with Crippen molar-refractivity contribution in [2.45, 2.75) is 19.9 Å². The summed E-state index contributed by atoms with van der Waals surface area (Å²) >= 11 is 0. The quantitative estimate of drug-likeness (QED) is 0.279. The molecule has 4 rings (SSSR count). The predicted molar refractivity (Wildman–Crippen MR) is 150 cm³/mol. The molecule has 1 atom stereocenters. The molecule has 9 nitrogen and oxygen atoms in total. The number of carbonyl (C=O) groups excluding carboxylic acids is 2. The lowest BCUT2D eigenvalue weighted by atomic mass is 10.0. The van der Waals surface area contributed by atoms with Crippen molar-refractivity contribution in [1.29, 1.82) is 0 Å². The third-order valence-corrected chi connectivity index (χ3v) is 6.98. The largest absolute Gasteiger partial charge is 0.312 e. The molecule has 1 N–H and O–H groups in total. The first-order valence-electron chi connectivity index (χ1n) is 12.5. The van der Waals surface area contributed by atoms with Gasteiger partial charge >= 0.3 is 0 Å². The number of halogens is 1. The molecule has 0 saturated carbocycles. The number of nitrogens with one attached hydrogen (secondary N) is 1. The Morgan fingerprint density at radius 1 is 1.00 bits per heavy atom. The molecule has 11 heteroatoms. The number of benzene rings is 3. The number of carbonyl (C=O) groups is 2. The van der Waals surface area contributed by atoms with Gasteiger partial charge in [0.1, 0.15) is 11.7 Å². The van der Waals surface area contributed by atoms with Crippen LogP contribution in [0.25, 0.3) is 6.08 Å². The molecule has 0 aliphatic rings. The van der Waals surface area contributed by atoms with Gasteiger partial charge in [-0.3, -0.25) is 9.59 Å².